The van der Waals surface area contributed by atoms with Crippen molar-refractivity contribution < 1.29 is 17.9 Å². The molecule has 24 heavy (non-hydrogen) atoms. The van der Waals surface area contributed by atoms with Crippen LogP contribution in [-0.4, -0.2) is 40.3 Å². The number of benzene rings is 1. The quantitative estimate of drug-likeness (QED) is 0.698. The van der Waals surface area contributed by atoms with Gasteiger partial charge >= 0.3 is 0 Å². The molecule has 136 valence electrons. The lowest BCUT2D eigenvalue weighted by Crippen LogP contribution is -2.40. The van der Waals surface area contributed by atoms with Gasteiger partial charge in [-0.05, 0) is 43.0 Å². The molecule has 1 rings (SSSR count). The summed E-state index contributed by atoms with van der Waals surface area (Å²) < 4.78 is 30.6. The molecule has 0 aliphatic heterocycles. The minimum atomic E-state index is -3.55. The number of sulfonamides is 1. The van der Waals surface area contributed by atoms with E-state index in [-0.39, 0.29) is 12.5 Å². The Morgan fingerprint density at radius 3 is 2.38 bits per heavy atom. The van der Waals surface area contributed by atoms with Gasteiger partial charge in [0.1, 0.15) is 12.3 Å². The number of hydrogen-bond acceptors (Lipinski definition) is 4. The molecule has 0 saturated carbocycles. The Labute approximate surface area is 145 Å². The first-order valence-corrected chi connectivity index (χ1v) is 10.1. The smallest absolute Gasteiger partial charge is 0.240 e. The van der Waals surface area contributed by atoms with Gasteiger partial charge in [0.25, 0.3) is 0 Å². The van der Waals surface area contributed by atoms with Crippen molar-refractivity contribution in [1.29, 1.82) is 0 Å². The van der Waals surface area contributed by atoms with Gasteiger partial charge in [-0.15, -0.1) is 0 Å². The number of carbonyl (C=O) groups is 1. The van der Waals surface area contributed by atoms with Gasteiger partial charge in [-0.25, -0.2) is 8.42 Å². The highest BCUT2D eigenvalue weighted by Gasteiger charge is 2.20. The number of hydrogen-bond donors (Lipinski definition) is 1. The van der Waals surface area contributed by atoms with Crippen molar-refractivity contribution in [3.8, 4) is 5.75 Å². The second-order valence-corrected chi connectivity index (χ2v) is 8.05. The molecule has 1 N–H and O–H groups in total. The molecule has 0 radical (unpaired) electrons. The molecule has 1 aromatic rings. The molecule has 0 aromatic heterocycles. The predicted octanol–water partition coefficient (Wildman–Crippen LogP) is 2.40. The molecule has 0 saturated heterocycles. The zero-order chi connectivity index (χ0) is 18.2. The van der Waals surface area contributed by atoms with Crippen LogP contribution in [0.15, 0.2) is 24.3 Å². The van der Waals surface area contributed by atoms with Gasteiger partial charge in [-0.1, -0.05) is 20.8 Å². The number of nitrogens with zero attached hydrogens (tertiary/aromatic N) is 1. The summed E-state index contributed by atoms with van der Waals surface area (Å²) in [6.07, 6.45) is 2.84. The minimum absolute atomic E-state index is 0.230. The third-order valence-corrected chi connectivity index (χ3v) is 4.47. The molecule has 0 fully saturated rings. The summed E-state index contributed by atoms with van der Waals surface area (Å²) in [5, 5.41) is 2.76. The first-order chi connectivity index (χ1) is 11.2. The van der Waals surface area contributed by atoms with Crippen LogP contribution in [0.3, 0.4) is 0 Å². The van der Waals surface area contributed by atoms with Crippen molar-refractivity contribution in [2.75, 3.05) is 30.3 Å². The largest absolute Gasteiger partial charge is 0.494 e. The standard InChI is InChI=1S/C17H28N2O4S/c1-5-12-23-16-8-6-15(7-9-16)19(24(4,21)22)13-17(20)18-11-10-14(2)3/h6-9,14H,5,10-13H2,1-4H3,(H,18,20). The monoisotopic (exact) mass is 356 g/mol. The van der Waals surface area contributed by atoms with Gasteiger partial charge in [0, 0.05) is 6.54 Å². The second kappa shape index (κ2) is 9.52. The zero-order valence-electron chi connectivity index (χ0n) is 14.9. The molecule has 1 aromatic carbocycles. The van der Waals surface area contributed by atoms with E-state index in [9.17, 15) is 13.2 Å². The minimum Gasteiger partial charge on any atom is -0.494 e. The summed E-state index contributed by atoms with van der Waals surface area (Å²) in [4.78, 5) is 12.0. The Balaban J connectivity index is 2.77. The Bertz CT molecular complexity index is 612. The lowest BCUT2D eigenvalue weighted by Gasteiger charge is -2.22. The molecule has 0 aliphatic rings. The van der Waals surface area contributed by atoms with Gasteiger partial charge < -0.3 is 10.1 Å². The van der Waals surface area contributed by atoms with Crippen LogP contribution in [0.5, 0.6) is 5.75 Å². The molecule has 6 nitrogen and oxygen atoms in total. The van der Waals surface area contributed by atoms with E-state index in [0.29, 0.717) is 30.5 Å². The summed E-state index contributed by atoms with van der Waals surface area (Å²) in [6.45, 7) is 7.06. The van der Waals surface area contributed by atoms with E-state index in [1.165, 1.54) is 0 Å². The van der Waals surface area contributed by atoms with Gasteiger partial charge in [-0.3, -0.25) is 9.10 Å². The van der Waals surface area contributed by atoms with Gasteiger partial charge in [0.2, 0.25) is 15.9 Å². The second-order valence-electron chi connectivity index (χ2n) is 6.14. The summed E-state index contributed by atoms with van der Waals surface area (Å²) >= 11 is 0. The first-order valence-electron chi connectivity index (χ1n) is 8.21. The highest BCUT2D eigenvalue weighted by molar-refractivity contribution is 7.92. The molecule has 0 unspecified atom stereocenters. The van der Waals surface area contributed by atoms with E-state index in [2.05, 4.69) is 19.2 Å². The van der Waals surface area contributed by atoms with E-state index < -0.39 is 10.0 Å². The average Bonchev–Trinajstić information content (AvgIpc) is 2.50. The van der Waals surface area contributed by atoms with E-state index in [1.807, 2.05) is 6.92 Å². The van der Waals surface area contributed by atoms with Crippen LogP contribution in [0.4, 0.5) is 5.69 Å². The van der Waals surface area contributed by atoms with Gasteiger partial charge in [0.05, 0.1) is 18.6 Å². The summed E-state index contributed by atoms with van der Waals surface area (Å²) in [5.74, 6) is 0.842. The molecule has 0 aliphatic carbocycles. The summed E-state index contributed by atoms with van der Waals surface area (Å²) in [6, 6.07) is 6.71. The molecule has 0 spiro atoms. The maximum atomic E-state index is 12.0. The lowest BCUT2D eigenvalue weighted by atomic mass is 10.1. The Hall–Kier alpha value is -1.76. The maximum Gasteiger partial charge on any atom is 0.240 e. The highest BCUT2D eigenvalue weighted by Crippen LogP contribution is 2.21. The predicted molar refractivity (Wildman–Crippen MR) is 96.9 cm³/mol. The normalized spacial score (nSPS) is 11.4. The Morgan fingerprint density at radius 1 is 1.25 bits per heavy atom. The van der Waals surface area contributed by atoms with E-state index in [4.69, 9.17) is 4.74 Å². The van der Waals surface area contributed by atoms with Crippen molar-refractivity contribution in [2.45, 2.75) is 33.6 Å². The van der Waals surface area contributed by atoms with Crippen molar-refractivity contribution in [2.24, 2.45) is 5.92 Å². The van der Waals surface area contributed by atoms with E-state index in [1.54, 1.807) is 24.3 Å². The van der Waals surface area contributed by atoms with Crippen LogP contribution in [-0.2, 0) is 14.8 Å². The summed E-state index contributed by atoms with van der Waals surface area (Å²) in [5.41, 5.74) is 0.445. The number of anilines is 1. The fourth-order valence-electron chi connectivity index (χ4n) is 2.02. The number of rotatable bonds is 10. The molecule has 0 bridgehead atoms. The number of nitrogens with one attached hydrogen (secondary N) is 1. The molecule has 7 heteroatoms. The van der Waals surface area contributed by atoms with Crippen molar-refractivity contribution in [3.05, 3.63) is 24.3 Å². The Morgan fingerprint density at radius 2 is 1.88 bits per heavy atom. The molecule has 0 atom stereocenters. The van der Waals surface area contributed by atoms with Crippen molar-refractivity contribution >= 4 is 21.6 Å². The molecule has 1 amide bonds. The van der Waals surface area contributed by atoms with Crippen molar-refractivity contribution in [1.82, 2.24) is 5.32 Å². The van der Waals surface area contributed by atoms with Crippen LogP contribution < -0.4 is 14.4 Å². The number of carbonyl (C=O) groups excluding carboxylic acids is 1. The average molecular weight is 356 g/mol. The number of ether oxygens (including phenoxy) is 1. The Kier molecular flexibility index (Phi) is 8.04. The van der Waals surface area contributed by atoms with Crippen LogP contribution in [0.25, 0.3) is 0 Å². The third-order valence-electron chi connectivity index (χ3n) is 3.33. The van der Waals surface area contributed by atoms with Crippen molar-refractivity contribution in [3.63, 3.8) is 0 Å². The first kappa shape index (κ1) is 20.3. The maximum absolute atomic E-state index is 12.0. The van der Waals surface area contributed by atoms with Crippen LogP contribution in [0.2, 0.25) is 0 Å². The topological polar surface area (TPSA) is 75.7 Å². The molecular weight excluding hydrogens is 328 g/mol. The number of amides is 1. The van der Waals surface area contributed by atoms with E-state index >= 15 is 0 Å². The van der Waals surface area contributed by atoms with Crippen LogP contribution in [0, 0.1) is 5.92 Å². The SMILES string of the molecule is CCCOc1ccc(N(CC(=O)NCCC(C)C)S(C)(=O)=O)cc1. The highest BCUT2D eigenvalue weighted by atomic mass is 32.2. The van der Waals surface area contributed by atoms with Crippen LogP contribution >= 0.6 is 0 Å². The fraction of sp³-hybridized carbons (Fsp3) is 0.588. The lowest BCUT2D eigenvalue weighted by molar-refractivity contribution is -0.119. The molecule has 0 heterocycles. The zero-order valence-corrected chi connectivity index (χ0v) is 15.7. The summed E-state index contributed by atoms with van der Waals surface area (Å²) in [7, 11) is -3.55. The van der Waals surface area contributed by atoms with E-state index in [0.717, 1.165) is 23.4 Å². The van der Waals surface area contributed by atoms with Gasteiger partial charge in [-0.2, -0.15) is 0 Å². The third kappa shape index (κ3) is 7.21. The fourth-order valence-corrected chi connectivity index (χ4v) is 2.87. The van der Waals surface area contributed by atoms with Gasteiger partial charge in [0.15, 0.2) is 0 Å². The van der Waals surface area contributed by atoms with Crippen LogP contribution in [0.1, 0.15) is 33.6 Å². The molecular formula is C17H28N2O4S.